The van der Waals surface area contributed by atoms with E-state index < -0.39 is 0 Å². The molecule has 0 unspecified atom stereocenters. The van der Waals surface area contributed by atoms with E-state index in [1.807, 2.05) is 31.4 Å². The number of aryl methyl sites for hydroxylation is 1. The highest BCUT2D eigenvalue weighted by molar-refractivity contribution is 5.52. The molecule has 0 bridgehead atoms. The summed E-state index contributed by atoms with van der Waals surface area (Å²) < 4.78 is 1.88. The van der Waals surface area contributed by atoms with Crippen LogP contribution in [0.15, 0.2) is 18.3 Å². The van der Waals surface area contributed by atoms with Gasteiger partial charge in [-0.2, -0.15) is 5.10 Å². The molecule has 0 aliphatic carbocycles. The van der Waals surface area contributed by atoms with Gasteiger partial charge in [-0.25, -0.2) is 9.50 Å². The Hall–Kier alpha value is -1.38. The summed E-state index contributed by atoms with van der Waals surface area (Å²) >= 11 is 0. The predicted molar refractivity (Wildman–Crippen MR) is 63.2 cm³/mol. The fourth-order valence-electron chi connectivity index (χ4n) is 1.53. The molecule has 2 rings (SSSR count). The van der Waals surface area contributed by atoms with Crippen LogP contribution in [0.4, 0.5) is 0 Å². The summed E-state index contributed by atoms with van der Waals surface area (Å²) in [5, 5.41) is 4.24. The van der Waals surface area contributed by atoms with Crippen molar-refractivity contribution in [1.82, 2.24) is 14.6 Å². The Balaban J connectivity index is 0.000000531. The fraction of sp³-hybridized carbons (Fsp3) is 0.500. The van der Waals surface area contributed by atoms with Gasteiger partial charge >= 0.3 is 0 Å². The Bertz CT molecular complexity index is 429. The van der Waals surface area contributed by atoms with Gasteiger partial charge in [-0.1, -0.05) is 27.7 Å². The van der Waals surface area contributed by atoms with Gasteiger partial charge in [-0.05, 0) is 25.0 Å². The number of rotatable bonds is 1. The van der Waals surface area contributed by atoms with E-state index >= 15 is 0 Å². The van der Waals surface area contributed by atoms with Crippen molar-refractivity contribution in [3.8, 4) is 0 Å². The Morgan fingerprint density at radius 1 is 1.27 bits per heavy atom. The Morgan fingerprint density at radius 2 is 1.93 bits per heavy atom. The Kier molecular flexibility index (Phi) is 3.83. The highest BCUT2D eigenvalue weighted by atomic mass is 15.3. The average Bonchev–Trinajstić information content (AvgIpc) is 2.60. The third kappa shape index (κ3) is 2.17. The minimum Gasteiger partial charge on any atom is -0.236 e. The molecular weight excluding hydrogens is 186 g/mol. The van der Waals surface area contributed by atoms with E-state index in [2.05, 4.69) is 30.0 Å². The normalized spacial score (nSPS) is 10.3. The standard InChI is InChI=1S/C10H13N3.C2H6/c1-7(2)10-9-5-4-6-11-13(9)8(3)12-10;1-2/h4-7H,1-3H3;1-2H3. The van der Waals surface area contributed by atoms with Crippen LogP contribution < -0.4 is 0 Å². The molecule has 0 radical (unpaired) electrons. The molecule has 0 N–H and O–H groups in total. The number of aromatic nitrogens is 3. The largest absolute Gasteiger partial charge is 0.236 e. The van der Waals surface area contributed by atoms with E-state index in [1.54, 1.807) is 6.20 Å². The van der Waals surface area contributed by atoms with E-state index in [1.165, 1.54) is 0 Å². The molecule has 3 nitrogen and oxygen atoms in total. The summed E-state index contributed by atoms with van der Waals surface area (Å²) in [6.07, 6.45) is 1.78. The zero-order chi connectivity index (χ0) is 11.4. The molecule has 0 saturated carbocycles. The van der Waals surface area contributed by atoms with Crippen LogP contribution >= 0.6 is 0 Å². The molecule has 2 aromatic rings. The topological polar surface area (TPSA) is 30.2 Å². The molecule has 0 fully saturated rings. The number of imidazole rings is 1. The van der Waals surface area contributed by atoms with Crippen molar-refractivity contribution < 1.29 is 0 Å². The van der Waals surface area contributed by atoms with Crippen molar-refractivity contribution >= 4 is 5.52 Å². The first-order valence-corrected chi connectivity index (χ1v) is 5.50. The van der Waals surface area contributed by atoms with Crippen LogP contribution in [0.2, 0.25) is 0 Å². The van der Waals surface area contributed by atoms with E-state index in [-0.39, 0.29) is 0 Å². The molecule has 0 aliphatic heterocycles. The van der Waals surface area contributed by atoms with Crippen molar-refractivity contribution in [3.63, 3.8) is 0 Å². The van der Waals surface area contributed by atoms with Gasteiger partial charge < -0.3 is 0 Å². The quantitative estimate of drug-likeness (QED) is 0.715. The summed E-state index contributed by atoms with van der Waals surface area (Å²) in [6.45, 7) is 10.3. The lowest BCUT2D eigenvalue weighted by Gasteiger charge is -1.99. The smallest absolute Gasteiger partial charge is 0.127 e. The number of hydrogen-bond donors (Lipinski definition) is 0. The number of fused-ring (bicyclic) bond motifs is 1. The SMILES string of the molecule is CC.Cc1nc(C(C)C)c2cccnn12. The van der Waals surface area contributed by atoms with Crippen LogP contribution in [-0.2, 0) is 0 Å². The average molecular weight is 205 g/mol. The second kappa shape index (κ2) is 4.91. The summed E-state index contributed by atoms with van der Waals surface area (Å²) in [5.74, 6) is 1.41. The predicted octanol–water partition coefficient (Wildman–Crippen LogP) is 3.19. The Morgan fingerprint density at radius 3 is 2.53 bits per heavy atom. The molecule has 0 atom stereocenters. The third-order valence-electron chi connectivity index (χ3n) is 2.15. The minimum absolute atomic E-state index is 0.452. The summed E-state index contributed by atoms with van der Waals surface area (Å²) in [6, 6.07) is 4.00. The fourth-order valence-corrected chi connectivity index (χ4v) is 1.53. The van der Waals surface area contributed by atoms with Crippen molar-refractivity contribution in [3.05, 3.63) is 29.8 Å². The van der Waals surface area contributed by atoms with Gasteiger partial charge in [0.15, 0.2) is 0 Å². The Labute approximate surface area is 91.2 Å². The van der Waals surface area contributed by atoms with Crippen LogP contribution in [-0.4, -0.2) is 14.6 Å². The van der Waals surface area contributed by atoms with Crippen LogP contribution in [0.3, 0.4) is 0 Å². The first-order valence-electron chi connectivity index (χ1n) is 5.50. The second-order valence-corrected chi connectivity index (χ2v) is 3.52. The molecule has 0 amide bonds. The van der Waals surface area contributed by atoms with E-state index in [9.17, 15) is 0 Å². The highest BCUT2D eigenvalue weighted by Gasteiger charge is 2.10. The third-order valence-corrected chi connectivity index (χ3v) is 2.15. The summed E-state index contributed by atoms with van der Waals surface area (Å²) in [7, 11) is 0. The second-order valence-electron chi connectivity index (χ2n) is 3.52. The van der Waals surface area contributed by atoms with Crippen molar-refractivity contribution in [2.45, 2.75) is 40.5 Å². The van der Waals surface area contributed by atoms with Crippen LogP contribution in [0.5, 0.6) is 0 Å². The van der Waals surface area contributed by atoms with Crippen LogP contribution in [0.1, 0.15) is 45.1 Å². The lowest BCUT2D eigenvalue weighted by Crippen LogP contribution is -1.92. The molecule has 2 heterocycles. The zero-order valence-electron chi connectivity index (χ0n) is 10.2. The molecule has 2 aromatic heterocycles. The number of hydrogen-bond acceptors (Lipinski definition) is 2. The van der Waals surface area contributed by atoms with Crippen LogP contribution in [0, 0.1) is 6.92 Å². The van der Waals surface area contributed by atoms with Crippen molar-refractivity contribution in [2.75, 3.05) is 0 Å². The number of nitrogens with zero attached hydrogens (tertiary/aromatic N) is 3. The first-order chi connectivity index (χ1) is 7.20. The van der Waals surface area contributed by atoms with Crippen LogP contribution in [0.25, 0.3) is 5.52 Å². The van der Waals surface area contributed by atoms with Gasteiger partial charge in [-0.3, -0.25) is 0 Å². The van der Waals surface area contributed by atoms with Gasteiger partial charge in [0.05, 0.1) is 11.2 Å². The first kappa shape index (κ1) is 11.7. The van der Waals surface area contributed by atoms with E-state index in [4.69, 9.17) is 0 Å². The molecule has 0 aromatic carbocycles. The molecular formula is C12H19N3. The molecule has 0 spiro atoms. The maximum Gasteiger partial charge on any atom is 0.127 e. The van der Waals surface area contributed by atoms with Gasteiger partial charge in [-0.15, -0.1) is 0 Å². The zero-order valence-corrected chi connectivity index (χ0v) is 10.2. The lowest BCUT2D eigenvalue weighted by molar-refractivity contribution is 0.834. The van der Waals surface area contributed by atoms with Gasteiger partial charge in [0.2, 0.25) is 0 Å². The molecule has 15 heavy (non-hydrogen) atoms. The maximum atomic E-state index is 4.49. The monoisotopic (exact) mass is 205 g/mol. The molecule has 3 heteroatoms. The summed E-state index contributed by atoms with van der Waals surface area (Å²) in [5.41, 5.74) is 2.25. The van der Waals surface area contributed by atoms with Crippen molar-refractivity contribution in [2.24, 2.45) is 0 Å². The van der Waals surface area contributed by atoms with E-state index in [0.29, 0.717) is 5.92 Å². The van der Waals surface area contributed by atoms with Gasteiger partial charge in [0, 0.05) is 6.20 Å². The molecule has 0 aliphatic rings. The summed E-state index contributed by atoms with van der Waals surface area (Å²) in [4.78, 5) is 4.49. The molecule has 82 valence electrons. The molecule has 0 saturated heterocycles. The van der Waals surface area contributed by atoms with E-state index in [0.717, 1.165) is 17.0 Å². The maximum absolute atomic E-state index is 4.49. The highest BCUT2D eigenvalue weighted by Crippen LogP contribution is 2.19. The lowest BCUT2D eigenvalue weighted by atomic mass is 10.1. The van der Waals surface area contributed by atoms with Gasteiger partial charge in [0.1, 0.15) is 5.82 Å². The van der Waals surface area contributed by atoms with Crippen molar-refractivity contribution in [1.29, 1.82) is 0 Å². The van der Waals surface area contributed by atoms with Gasteiger partial charge in [0.25, 0.3) is 0 Å². The minimum atomic E-state index is 0.452.